The van der Waals surface area contributed by atoms with Crippen molar-refractivity contribution in [2.75, 3.05) is 7.11 Å². The van der Waals surface area contributed by atoms with E-state index in [1.165, 1.54) is 7.11 Å². The minimum Gasteiger partial charge on any atom is -0.467 e. The summed E-state index contributed by atoms with van der Waals surface area (Å²) < 4.78 is 31.0. The third-order valence-corrected chi connectivity index (χ3v) is 6.53. The van der Waals surface area contributed by atoms with E-state index in [1.807, 2.05) is 18.2 Å². The van der Waals surface area contributed by atoms with Crippen LogP contribution in [0.2, 0.25) is 0 Å². The van der Waals surface area contributed by atoms with Gasteiger partial charge in [0.2, 0.25) is 9.84 Å². The van der Waals surface area contributed by atoms with Gasteiger partial charge in [0.05, 0.1) is 22.6 Å². The quantitative estimate of drug-likeness (QED) is 0.501. The first-order valence-electron chi connectivity index (χ1n) is 8.68. The van der Waals surface area contributed by atoms with Gasteiger partial charge in [0.15, 0.2) is 6.04 Å². The van der Waals surface area contributed by atoms with Crippen molar-refractivity contribution < 1.29 is 17.9 Å². The first-order chi connectivity index (χ1) is 13.5. The molecule has 0 spiro atoms. The highest BCUT2D eigenvalue weighted by atomic mass is 32.2. The summed E-state index contributed by atoms with van der Waals surface area (Å²) >= 11 is 0. The fourth-order valence-corrected chi connectivity index (χ4v) is 5.00. The van der Waals surface area contributed by atoms with Gasteiger partial charge in [0.1, 0.15) is 0 Å². The normalized spacial score (nSPS) is 15.1. The average Bonchev–Trinajstić information content (AvgIpc) is 2.74. The molecule has 0 aromatic heterocycles. The van der Waals surface area contributed by atoms with E-state index in [1.54, 1.807) is 60.7 Å². The molecule has 5 nitrogen and oxygen atoms in total. The lowest BCUT2D eigenvalue weighted by Gasteiger charge is -2.23. The van der Waals surface area contributed by atoms with Crippen molar-refractivity contribution in [2.24, 2.45) is 4.99 Å². The third kappa shape index (κ3) is 2.92. The van der Waals surface area contributed by atoms with Crippen LogP contribution in [0, 0.1) is 0 Å². The summed E-state index contributed by atoms with van der Waals surface area (Å²) in [4.78, 5) is 17.6. The van der Waals surface area contributed by atoms with E-state index in [0.29, 0.717) is 22.4 Å². The highest BCUT2D eigenvalue weighted by molar-refractivity contribution is 7.91. The molecule has 0 saturated carbocycles. The molecule has 0 saturated heterocycles. The molecule has 3 aromatic carbocycles. The van der Waals surface area contributed by atoms with Crippen molar-refractivity contribution in [3.63, 3.8) is 0 Å². The van der Waals surface area contributed by atoms with Crippen LogP contribution in [0.15, 0.2) is 93.6 Å². The van der Waals surface area contributed by atoms with Crippen molar-refractivity contribution in [3.8, 4) is 0 Å². The molecular formula is C22H17NO4S. The van der Waals surface area contributed by atoms with Crippen LogP contribution in [0.5, 0.6) is 0 Å². The number of ether oxygens (including phenoxy) is 1. The van der Waals surface area contributed by atoms with Crippen LogP contribution < -0.4 is 0 Å². The van der Waals surface area contributed by atoms with Crippen LogP contribution in [-0.4, -0.2) is 27.2 Å². The van der Waals surface area contributed by atoms with Crippen LogP contribution >= 0.6 is 0 Å². The lowest BCUT2D eigenvalue weighted by atomic mass is 10.00. The number of benzene rings is 3. The number of methoxy groups -OCH3 is 1. The summed E-state index contributed by atoms with van der Waals surface area (Å²) in [7, 11) is -2.35. The molecule has 0 N–H and O–H groups in total. The molecule has 1 heterocycles. The number of nitrogens with zero attached hydrogens (tertiary/aromatic N) is 1. The van der Waals surface area contributed by atoms with E-state index >= 15 is 0 Å². The summed E-state index contributed by atoms with van der Waals surface area (Å²) in [5, 5.41) is 0. The molecule has 28 heavy (non-hydrogen) atoms. The molecule has 1 aliphatic heterocycles. The van der Waals surface area contributed by atoms with Gasteiger partial charge in [-0.25, -0.2) is 13.2 Å². The van der Waals surface area contributed by atoms with E-state index < -0.39 is 21.8 Å². The van der Waals surface area contributed by atoms with Crippen molar-refractivity contribution in [1.29, 1.82) is 0 Å². The molecular weight excluding hydrogens is 374 g/mol. The predicted octanol–water partition coefficient (Wildman–Crippen LogP) is 3.58. The van der Waals surface area contributed by atoms with Gasteiger partial charge in [-0.3, -0.25) is 4.99 Å². The SMILES string of the molecule is COC(=O)C(N=C1c2ccccc2S(=O)(=O)c2ccccc21)c1ccccc1. The molecule has 0 aliphatic carbocycles. The molecule has 0 amide bonds. The predicted molar refractivity (Wildman–Crippen MR) is 105 cm³/mol. The number of sulfone groups is 1. The standard InChI is InChI=1S/C22H17NO4S/c1-27-22(24)20(15-9-3-2-4-10-15)23-21-16-11-5-7-13-18(16)28(25,26)19-14-8-6-12-17(19)21/h2-14,20H,1H3. The Morgan fingerprint density at radius 2 is 1.32 bits per heavy atom. The van der Waals surface area contributed by atoms with E-state index in [2.05, 4.69) is 0 Å². The van der Waals surface area contributed by atoms with Gasteiger partial charge < -0.3 is 4.74 Å². The second kappa shape index (κ2) is 7.05. The summed E-state index contributed by atoms with van der Waals surface area (Å²) in [5.41, 5.74) is 2.09. The fraction of sp³-hybridized carbons (Fsp3) is 0.0909. The Balaban J connectivity index is 2.00. The lowest BCUT2D eigenvalue weighted by molar-refractivity contribution is -0.142. The van der Waals surface area contributed by atoms with Gasteiger partial charge in [-0.1, -0.05) is 66.7 Å². The van der Waals surface area contributed by atoms with Gasteiger partial charge >= 0.3 is 5.97 Å². The number of aliphatic imine (C=N–C) groups is 1. The second-order valence-corrected chi connectivity index (χ2v) is 8.20. The number of carbonyl (C=O) groups is 1. The first-order valence-corrected chi connectivity index (χ1v) is 10.2. The Hall–Kier alpha value is -3.25. The Labute approximate surface area is 163 Å². The summed E-state index contributed by atoms with van der Waals surface area (Å²) in [6, 6.07) is 21.6. The monoisotopic (exact) mass is 391 g/mol. The van der Waals surface area contributed by atoms with E-state index in [9.17, 15) is 13.2 Å². The van der Waals surface area contributed by atoms with Gasteiger partial charge in [-0.2, -0.15) is 0 Å². The van der Waals surface area contributed by atoms with Crippen molar-refractivity contribution >= 4 is 21.5 Å². The number of rotatable bonds is 3. The smallest absolute Gasteiger partial charge is 0.335 e. The van der Waals surface area contributed by atoms with Crippen molar-refractivity contribution in [3.05, 3.63) is 95.6 Å². The minimum absolute atomic E-state index is 0.184. The second-order valence-electron chi connectivity index (χ2n) is 6.31. The van der Waals surface area contributed by atoms with E-state index in [4.69, 9.17) is 9.73 Å². The molecule has 140 valence electrons. The maximum Gasteiger partial charge on any atom is 0.335 e. The van der Waals surface area contributed by atoms with Crippen LogP contribution in [0.3, 0.4) is 0 Å². The molecule has 6 heteroatoms. The number of esters is 1. The van der Waals surface area contributed by atoms with Crippen molar-refractivity contribution in [2.45, 2.75) is 15.8 Å². The number of hydrogen-bond donors (Lipinski definition) is 0. The highest BCUT2D eigenvalue weighted by Crippen LogP contribution is 2.36. The van der Waals surface area contributed by atoms with Crippen LogP contribution in [0.4, 0.5) is 0 Å². The molecule has 3 aromatic rings. The lowest BCUT2D eigenvalue weighted by Crippen LogP contribution is -2.23. The zero-order chi connectivity index (χ0) is 19.7. The summed E-state index contributed by atoms with van der Waals surface area (Å²) in [6.07, 6.45) is 0. The minimum atomic E-state index is -3.66. The molecule has 1 atom stereocenters. The molecule has 4 rings (SSSR count). The third-order valence-electron chi connectivity index (χ3n) is 4.66. The summed E-state index contributed by atoms with van der Waals surface area (Å²) in [6.45, 7) is 0. The zero-order valence-electron chi connectivity index (χ0n) is 15.1. The van der Waals surface area contributed by atoms with Crippen LogP contribution in [-0.2, 0) is 19.4 Å². The molecule has 1 aliphatic rings. The highest BCUT2D eigenvalue weighted by Gasteiger charge is 2.34. The topological polar surface area (TPSA) is 72.8 Å². The Morgan fingerprint density at radius 1 is 0.821 bits per heavy atom. The number of carbonyl (C=O) groups excluding carboxylic acids is 1. The molecule has 0 bridgehead atoms. The number of fused-ring (bicyclic) bond motifs is 2. The zero-order valence-corrected chi connectivity index (χ0v) is 15.9. The maximum absolute atomic E-state index is 13.0. The first kappa shape index (κ1) is 18.1. The Morgan fingerprint density at radius 3 is 1.86 bits per heavy atom. The number of hydrogen-bond acceptors (Lipinski definition) is 5. The van der Waals surface area contributed by atoms with Gasteiger partial charge in [0, 0.05) is 11.1 Å². The van der Waals surface area contributed by atoms with Crippen molar-refractivity contribution in [1.82, 2.24) is 0 Å². The van der Waals surface area contributed by atoms with Crippen LogP contribution in [0.25, 0.3) is 0 Å². The average molecular weight is 391 g/mol. The van der Waals surface area contributed by atoms with Gasteiger partial charge in [0.25, 0.3) is 0 Å². The summed E-state index contributed by atoms with van der Waals surface area (Å²) in [5.74, 6) is -0.512. The van der Waals surface area contributed by atoms with E-state index in [-0.39, 0.29) is 9.79 Å². The van der Waals surface area contributed by atoms with Crippen LogP contribution in [0.1, 0.15) is 22.7 Å². The maximum atomic E-state index is 13.0. The Bertz CT molecular complexity index is 1130. The van der Waals surface area contributed by atoms with Gasteiger partial charge in [-0.15, -0.1) is 0 Å². The fourth-order valence-electron chi connectivity index (χ4n) is 3.34. The molecule has 1 unspecified atom stereocenters. The largest absolute Gasteiger partial charge is 0.467 e. The van der Waals surface area contributed by atoms with E-state index in [0.717, 1.165) is 0 Å². The Kier molecular flexibility index (Phi) is 4.57. The van der Waals surface area contributed by atoms with Gasteiger partial charge in [-0.05, 0) is 17.7 Å². The molecule has 0 radical (unpaired) electrons. The molecule has 0 fully saturated rings.